The second-order valence-corrected chi connectivity index (χ2v) is 12.2. The van der Waals surface area contributed by atoms with Gasteiger partial charge in [0, 0.05) is 36.5 Å². The Kier molecular flexibility index (Phi) is 7.85. The monoisotopic (exact) mass is 589 g/mol. The van der Waals surface area contributed by atoms with Gasteiger partial charge in [-0.05, 0) is 81.5 Å². The van der Waals surface area contributed by atoms with Gasteiger partial charge in [-0.2, -0.15) is 14.1 Å². The fourth-order valence-electron chi connectivity index (χ4n) is 4.93. The van der Waals surface area contributed by atoms with E-state index < -0.39 is 20.9 Å². The molecule has 1 aliphatic heterocycles. The molecular formula is C30H31N5O6S. The number of anilines is 1. The first-order valence-electron chi connectivity index (χ1n) is 13.5. The van der Waals surface area contributed by atoms with E-state index in [1.54, 1.807) is 13.0 Å². The van der Waals surface area contributed by atoms with Crippen LogP contribution in [0.25, 0.3) is 5.69 Å². The number of carbonyl (C=O) groups excluding carboxylic acids is 1. The van der Waals surface area contributed by atoms with E-state index in [9.17, 15) is 23.3 Å². The van der Waals surface area contributed by atoms with Crippen LogP contribution in [0.15, 0.2) is 65.6 Å². The highest BCUT2D eigenvalue weighted by molar-refractivity contribution is 7.89. The third-order valence-electron chi connectivity index (χ3n) is 7.39. The number of carbonyl (C=O) groups is 1. The number of aryl methyl sites for hydroxylation is 2. The number of hydrogen-bond acceptors (Lipinski definition) is 7. The molecule has 0 bridgehead atoms. The smallest absolute Gasteiger partial charge is 0.276 e. The molecule has 0 radical (unpaired) electrons. The average molecular weight is 590 g/mol. The summed E-state index contributed by atoms with van der Waals surface area (Å²) in [4.78, 5) is 24.1. The van der Waals surface area contributed by atoms with Crippen LogP contribution in [0.3, 0.4) is 0 Å². The summed E-state index contributed by atoms with van der Waals surface area (Å²) in [7, 11) is -4.11. The molecule has 218 valence electrons. The van der Waals surface area contributed by atoms with Gasteiger partial charge in [0.1, 0.15) is 10.6 Å². The summed E-state index contributed by atoms with van der Waals surface area (Å²) >= 11 is 0. The number of sulfonamides is 1. The van der Waals surface area contributed by atoms with Crippen molar-refractivity contribution < 1.29 is 22.9 Å². The maximum absolute atomic E-state index is 13.6. The Hall–Kier alpha value is -4.55. The van der Waals surface area contributed by atoms with Crippen molar-refractivity contribution >= 4 is 27.3 Å². The van der Waals surface area contributed by atoms with E-state index in [0.29, 0.717) is 42.9 Å². The number of ether oxygens (including phenoxy) is 1. The van der Waals surface area contributed by atoms with E-state index in [0.717, 1.165) is 22.8 Å². The van der Waals surface area contributed by atoms with Crippen LogP contribution in [-0.2, 0) is 10.0 Å². The number of non-ortho nitro benzene ring substituents is 1. The minimum atomic E-state index is -4.11. The number of rotatable bonds is 8. The van der Waals surface area contributed by atoms with Crippen LogP contribution >= 0.6 is 0 Å². The standard InChI is InChI=1S/C30H31N5O6S/c1-19-9-7-11-23(17-19)31-29(36)28-22(4)30(34(32-28)25-12-8-10-20(2)21(25)3)41-26-14-13-24(35(37)38)18-27(26)42(39,40)33-15-5-6-16-33/h7-14,17-18H,5-6,15-16H2,1-4H3,(H,31,36). The molecule has 12 heteroatoms. The molecular weight excluding hydrogens is 558 g/mol. The van der Waals surface area contributed by atoms with E-state index in [1.165, 1.54) is 21.1 Å². The van der Waals surface area contributed by atoms with Gasteiger partial charge in [-0.1, -0.05) is 24.3 Å². The van der Waals surface area contributed by atoms with Crippen molar-refractivity contribution in [3.63, 3.8) is 0 Å². The van der Waals surface area contributed by atoms with Gasteiger partial charge in [-0.25, -0.2) is 8.42 Å². The molecule has 1 saturated heterocycles. The van der Waals surface area contributed by atoms with E-state index in [2.05, 4.69) is 10.4 Å². The number of nitrogens with one attached hydrogen (secondary N) is 1. The predicted octanol–water partition coefficient (Wildman–Crippen LogP) is 5.84. The number of benzene rings is 3. The Morgan fingerprint density at radius 3 is 2.38 bits per heavy atom. The van der Waals surface area contributed by atoms with E-state index >= 15 is 0 Å². The number of nitrogens with zero attached hydrogens (tertiary/aromatic N) is 4. The maximum atomic E-state index is 13.6. The third-order valence-corrected chi connectivity index (χ3v) is 9.31. The minimum Gasteiger partial charge on any atom is -0.437 e. The number of amides is 1. The summed E-state index contributed by atoms with van der Waals surface area (Å²) in [6.07, 6.45) is 1.39. The first kappa shape index (κ1) is 29.0. The molecule has 0 atom stereocenters. The van der Waals surface area contributed by atoms with Crippen molar-refractivity contribution in [2.75, 3.05) is 18.4 Å². The normalized spacial score (nSPS) is 13.7. The highest BCUT2D eigenvalue weighted by atomic mass is 32.2. The first-order valence-corrected chi connectivity index (χ1v) is 14.9. The largest absolute Gasteiger partial charge is 0.437 e. The van der Waals surface area contributed by atoms with Crippen molar-refractivity contribution in [3.05, 3.63) is 98.7 Å². The van der Waals surface area contributed by atoms with Gasteiger partial charge in [0.2, 0.25) is 15.9 Å². The van der Waals surface area contributed by atoms with Gasteiger partial charge < -0.3 is 10.1 Å². The first-order chi connectivity index (χ1) is 20.0. The second-order valence-electron chi connectivity index (χ2n) is 10.3. The molecule has 3 aromatic carbocycles. The van der Waals surface area contributed by atoms with Crippen molar-refractivity contribution in [1.82, 2.24) is 14.1 Å². The second kappa shape index (κ2) is 11.4. The summed E-state index contributed by atoms with van der Waals surface area (Å²) < 4.78 is 36.3. The highest BCUT2D eigenvalue weighted by Crippen LogP contribution is 2.38. The lowest BCUT2D eigenvalue weighted by atomic mass is 10.1. The molecule has 0 aliphatic carbocycles. The highest BCUT2D eigenvalue weighted by Gasteiger charge is 2.33. The van der Waals surface area contributed by atoms with Crippen molar-refractivity contribution in [2.45, 2.75) is 45.4 Å². The van der Waals surface area contributed by atoms with Crippen LogP contribution in [0.2, 0.25) is 0 Å². The van der Waals surface area contributed by atoms with Gasteiger partial charge in [0.15, 0.2) is 5.69 Å². The Labute approximate surface area is 243 Å². The number of nitro groups is 1. The van der Waals surface area contributed by atoms with E-state index in [-0.39, 0.29) is 27.9 Å². The quantitative estimate of drug-likeness (QED) is 0.201. The van der Waals surface area contributed by atoms with Crippen molar-refractivity contribution in [2.24, 2.45) is 0 Å². The topological polar surface area (TPSA) is 137 Å². The van der Waals surface area contributed by atoms with E-state index in [1.807, 2.05) is 57.2 Å². The van der Waals surface area contributed by atoms with Crippen LogP contribution in [0, 0.1) is 37.8 Å². The average Bonchev–Trinajstić information content (AvgIpc) is 3.60. The molecule has 1 aromatic heterocycles. The molecule has 1 N–H and O–H groups in total. The molecule has 5 rings (SSSR count). The summed E-state index contributed by atoms with van der Waals surface area (Å²) in [5, 5.41) is 19.1. The Balaban J connectivity index is 1.65. The zero-order valence-corrected chi connectivity index (χ0v) is 24.6. The number of nitro benzene ring substituents is 1. The van der Waals surface area contributed by atoms with Gasteiger partial charge in [0.05, 0.1) is 10.6 Å². The molecule has 1 amide bonds. The lowest BCUT2D eigenvalue weighted by Crippen LogP contribution is -2.28. The molecule has 0 saturated carbocycles. The zero-order chi connectivity index (χ0) is 30.2. The van der Waals surface area contributed by atoms with Gasteiger partial charge in [-0.3, -0.25) is 14.9 Å². The maximum Gasteiger partial charge on any atom is 0.276 e. The van der Waals surface area contributed by atoms with Gasteiger partial charge in [-0.15, -0.1) is 0 Å². The molecule has 0 spiro atoms. The lowest BCUT2D eigenvalue weighted by molar-refractivity contribution is -0.385. The third kappa shape index (κ3) is 5.50. The fraction of sp³-hybridized carbons (Fsp3) is 0.267. The zero-order valence-electron chi connectivity index (χ0n) is 23.7. The number of hydrogen-bond donors (Lipinski definition) is 1. The SMILES string of the molecule is Cc1cccc(NC(=O)c2nn(-c3cccc(C)c3C)c(Oc3ccc([N+](=O)[O-])cc3S(=O)(=O)N3CCCC3)c2C)c1. The molecule has 0 unspecified atom stereocenters. The molecule has 42 heavy (non-hydrogen) atoms. The van der Waals surface area contributed by atoms with Crippen molar-refractivity contribution in [3.8, 4) is 17.3 Å². The number of aromatic nitrogens is 2. The lowest BCUT2D eigenvalue weighted by Gasteiger charge is -2.19. The molecule has 1 aliphatic rings. The summed E-state index contributed by atoms with van der Waals surface area (Å²) in [6.45, 7) is 8.06. The van der Waals surface area contributed by atoms with Crippen LogP contribution in [0.5, 0.6) is 11.6 Å². The molecule has 2 heterocycles. The van der Waals surface area contributed by atoms with Crippen LogP contribution in [-0.4, -0.2) is 46.4 Å². The summed E-state index contributed by atoms with van der Waals surface area (Å²) in [5.41, 5.74) is 4.12. The van der Waals surface area contributed by atoms with Gasteiger partial charge >= 0.3 is 0 Å². The molecule has 1 fully saturated rings. The summed E-state index contributed by atoms with van der Waals surface area (Å²) in [5.74, 6) is -0.460. The predicted molar refractivity (Wildman–Crippen MR) is 158 cm³/mol. The van der Waals surface area contributed by atoms with Crippen molar-refractivity contribution in [1.29, 1.82) is 0 Å². The van der Waals surface area contributed by atoms with Gasteiger partial charge in [0.25, 0.3) is 11.6 Å². The Bertz CT molecular complexity index is 1810. The Morgan fingerprint density at radius 1 is 0.976 bits per heavy atom. The minimum absolute atomic E-state index is 0.0817. The van der Waals surface area contributed by atoms with Crippen LogP contribution in [0.1, 0.15) is 45.6 Å². The van der Waals surface area contributed by atoms with E-state index in [4.69, 9.17) is 4.74 Å². The van der Waals surface area contributed by atoms with Crippen LogP contribution in [0.4, 0.5) is 11.4 Å². The molecule has 11 nitrogen and oxygen atoms in total. The fourth-order valence-corrected chi connectivity index (χ4v) is 6.58. The molecule has 4 aromatic rings. The summed E-state index contributed by atoms with van der Waals surface area (Å²) in [6, 6.07) is 16.4. The Morgan fingerprint density at radius 2 is 1.69 bits per heavy atom. The van der Waals surface area contributed by atoms with Crippen LogP contribution < -0.4 is 10.1 Å².